The van der Waals surface area contributed by atoms with Gasteiger partial charge in [0, 0.05) is 44.3 Å². The maximum absolute atomic E-state index is 12.2. The Morgan fingerprint density at radius 2 is 1.77 bits per heavy atom. The molecule has 2 atom stereocenters. The lowest BCUT2D eigenvalue weighted by atomic mass is 9.92. The van der Waals surface area contributed by atoms with Crippen molar-refractivity contribution in [2.45, 2.75) is 32.4 Å². The topological polar surface area (TPSA) is 89.8 Å². The van der Waals surface area contributed by atoms with Crippen LogP contribution in [0.1, 0.15) is 29.5 Å². The van der Waals surface area contributed by atoms with Gasteiger partial charge in [-0.3, -0.25) is 0 Å². The van der Waals surface area contributed by atoms with E-state index in [1.165, 1.54) is 0 Å². The van der Waals surface area contributed by atoms with E-state index < -0.39 is 24.0 Å². The van der Waals surface area contributed by atoms with Crippen LogP contribution in [0, 0.1) is 6.92 Å². The van der Waals surface area contributed by atoms with E-state index in [0.29, 0.717) is 0 Å². The number of carboxylic acids is 1. The minimum absolute atomic E-state index is 0.0842. The van der Waals surface area contributed by atoms with Gasteiger partial charge in [0.2, 0.25) is 0 Å². The molecule has 0 radical (unpaired) electrons. The van der Waals surface area contributed by atoms with Gasteiger partial charge in [0.05, 0.1) is 0 Å². The van der Waals surface area contributed by atoms with E-state index in [9.17, 15) is 14.7 Å². The molecule has 0 aliphatic carbocycles. The van der Waals surface area contributed by atoms with Gasteiger partial charge in [-0.2, -0.15) is 0 Å². The number of ether oxygens (including phenoxy) is 2. The van der Waals surface area contributed by atoms with E-state index in [2.05, 4.69) is 10.1 Å². The zero-order chi connectivity index (χ0) is 23.0. The molecule has 3 rings (SSSR count). The maximum Gasteiger partial charge on any atom is 0.408 e. The van der Waals surface area contributed by atoms with Crippen molar-refractivity contribution in [3.63, 3.8) is 0 Å². The van der Waals surface area contributed by atoms with Crippen molar-refractivity contribution < 1.29 is 24.2 Å². The Kier molecular flexibility index (Phi) is 8.63. The van der Waals surface area contributed by atoms with E-state index in [1.807, 2.05) is 73.3 Å². The highest BCUT2D eigenvalue weighted by Gasteiger charge is 2.30. The first-order valence-electron chi connectivity index (χ1n) is 9.94. The number of fused-ring (bicyclic) bond motifs is 1. The smallest absolute Gasteiger partial charge is 0.408 e. The van der Waals surface area contributed by atoms with Crippen molar-refractivity contribution in [2.75, 3.05) is 14.2 Å². The van der Waals surface area contributed by atoms with Crippen LogP contribution in [0.2, 0.25) is 0 Å². The molecular formula is C24H30N2O5. The fourth-order valence-corrected chi connectivity index (χ4v) is 3.37. The fourth-order valence-electron chi connectivity index (χ4n) is 3.37. The van der Waals surface area contributed by atoms with Gasteiger partial charge in [0.25, 0.3) is 0 Å². The van der Waals surface area contributed by atoms with E-state index >= 15 is 0 Å². The molecule has 31 heavy (non-hydrogen) atoms. The Morgan fingerprint density at radius 3 is 2.39 bits per heavy atom. The second-order valence-electron chi connectivity index (χ2n) is 7.43. The third kappa shape index (κ3) is 6.33. The number of benzene rings is 2. The lowest BCUT2D eigenvalue weighted by Gasteiger charge is -2.21. The molecule has 3 aromatic rings. The fraction of sp³-hybridized carbons (Fsp3) is 0.333. The lowest BCUT2D eigenvalue weighted by molar-refractivity contribution is -0.139. The number of rotatable bonds is 6. The maximum atomic E-state index is 12.2. The number of methoxy groups -OCH3 is 1. The Labute approximate surface area is 182 Å². The van der Waals surface area contributed by atoms with Crippen molar-refractivity contribution in [3.8, 4) is 0 Å². The van der Waals surface area contributed by atoms with Crippen LogP contribution in [-0.2, 0) is 27.9 Å². The first-order valence-corrected chi connectivity index (χ1v) is 9.94. The molecule has 166 valence electrons. The van der Waals surface area contributed by atoms with Crippen LogP contribution < -0.4 is 5.32 Å². The molecule has 0 unspecified atom stereocenters. The number of hydrogen-bond acceptors (Lipinski definition) is 4. The van der Waals surface area contributed by atoms with Crippen molar-refractivity contribution in [3.05, 3.63) is 71.4 Å². The second-order valence-corrected chi connectivity index (χ2v) is 7.43. The summed E-state index contributed by atoms with van der Waals surface area (Å²) in [6, 6.07) is 14.2. The van der Waals surface area contributed by atoms with Gasteiger partial charge in [-0.15, -0.1) is 0 Å². The molecule has 0 bridgehead atoms. The minimum Gasteiger partial charge on any atom is -0.480 e. The first-order chi connectivity index (χ1) is 14.8. The number of alkyl carbamates (subject to hydrolysis) is 1. The van der Waals surface area contributed by atoms with Crippen LogP contribution in [0.25, 0.3) is 10.9 Å². The van der Waals surface area contributed by atoms with Gasteiger partial charge in [-0.25, -0.2) is 9.59 Å². The van der Waals surface area contributed by atoms with Gasteiger partial charge in [-0.1, -0.05) is 48.9 Å². The molecule has 2 aromatic carbocycles. The summed E-state index contributed by atoms with van der Waals surface area (Å²) in [6.07, 6.45) is 1.17. The van der Waals surface area contributed by atoms with Gasteiger partial charge >= 0.3 is 12.1 Å². The molecule has 7 nitrogen and oxygen atoms in total. The highest BCUT2D eigenvalue weighted by atomic mass is 16.5. The summed E-state index contributed by atoms with van der Waals surface area (Å²) in [5.41, 5.74) is 3.82. The quantitative estimate of drug-likeness (QED) is 0.616. The third-order valence-corrected chi connectivity index (χ3v) is 4.92. The van der Waals surface area contributed by atoms with Gasteiger partial charge < -0.3 is 24.5 Å². The number of hydrogen-bond donors (Lipinski definition) is 2. The average molecular weight is 427 g/mol. The molecule has 1 amide bonds. The molecule has 0 spiro atoms. The second kappa shape index (κ2) is 11.2. The van der Waals surface area contributed by atoms with Crippen LogP contribution in [0.5, 0.6) is 0 Å². The number of aryl methyl sites for hydroxylation is 2. The summed E-state index contributed by atoms with van der Waals surface area (Å²) in [5.74, 6) is -1.54. The number of carbonyl (C=O) groups is 2. The number of aliphatic carboxylic acids is 1. The monoisotopic (exact) mass is 426 g/mol. The normalized spacial score (nSPS) is 12.4. The standard InChI is InChI=1S/C22H24N2O4.C2H6O/c1-14-9-10-19-17(11-14)18(12-24(19)3)15(2)20(21(25)26)23-22(27)28-13-16-7-5-4-6-8-16;1-3-2/h4-12,15,20H,13H2,1-3H3,(H,23,27)(H,25,26);1-2H3/t15-,20-;/m1./s1. The number of carbonyl (C=O) groups excluding carboxylic acids is 1. The first kappa shape index (κ1) is 24.0. The number of nitrogens with zero attached hydrogens (tertiary/aromatic N) is 1. The molecule has 0 saturated carbocycles. The van der Waals surface area contributed by atoms with Crippen LogP contribution in [0.15, 0.2) is 54.7 Å². The Balaban J connectivity index is 0.00000107. The third-order valence-electron chi connectivity index (χ3n) is 4.92. The Bertz CT molecular complexity index is 1010. The van der Waals surface area contributed by atoms with Gasteiger partial charge in [-0.05, 0) is 30.2 Å². The molecule has 2 N–H and O–H groups in total. The minimum atomic E-state index is -1.10. The van der Waals surface area contributed by atoms with Crippen LogP contribution in [-0.4, -0.2) is 42.0 Å². The molecule has 0 aliphatic rings. The highest BCUT2D eigenvalue weighted by molar-refractivity contribution is 5.87. The molecule has 7 heteroatoms. The predicted molar refractivity (Wildman–Crippen MR) is 120 cm³/mol. The molecule has 0 aliphatic heterocycles. The number of carboxylic acid groups (broad SMARTS) is 1. The summed E-state index contributed by atoms with van der Waals surface area (Å²) >= 11 is 0. The van der Waals surface area contributed by atoms with Gasteiger partial charge in [0.1, 0.15) is 12.6 Å². The van der Waals surface area contributed by atoms with Crippen LogP contribution in [0.3, 0.4) is 0 Å². The van der Waals surface area contributed by atoms with E-state index in [0.717, 1.165) is 27.6 Å². The van der Waals surface area contributed by atoms with Crippen LogP contribution in [0.4, 0.5) is 4.79 Å². The van der Waals surface area contributed by atoms with Crippen LogP contribution >= 0.6 is 0 Å². The van der Waals surface area contributed by atoms with Gasteiger partial charge in [0.15, 0.2) is 0 Å². The van der Waals surface area contributed by atoms with Crippen molar-refractivity contribution in [1.29, 1.82) is 0 Å². The largest absolute Gasteiger partial charge is 0.480 e. The zero-order valence-corrected chi connectivity index (χ0v) is 18.6. The molecule has 1 heterocycles. The van der Waals surface area contributed by atoms with Crippen molar-refractivity contribution >= 4 is 23.0 Å². The number of amides is 1. The predicted octanol–water partition coefficient (Wildman–Crippen LogP) is 4.23. The summed E-state index contributed by atoms with van der Waals surface area (Å²) in [7, 11) is 5.17. The number of aromatic nitrogens is 1. The zero-order valence-electron chi connectivity index (χ0n) is 18.6. The Hall–Kier alpha value is -3.32. The molecule has 1 aromatic heterocycles. The highest BCUT2D eigenvalue weighted by Crippen LogP contribution is 2.30. The summed E-state index contributed by atoms with van der Waals surface area (Å²) in [4.78, 5) is 24.0. The summed E-state index contributed by atoms with van der Waals surface area (Å²) in [6.45, 7) is 3.88. The SMILES string of the molecule is COC.Cc1ccc2c(c1)c([C@@H](C)[C@@H](NC(=O)OCc1ccccc1)C(=O)O)cn2C. The summed E-state index contributed by atoms with van der Waals surface area (Å²) in [5, 5.41) is 13.2. The van der Waals surface area contributed by atoms with Crippen molar-refractivity contribution in [2.24, 2.45) is 7.05 Å². The Morgan fingerprint density at radius 1 is 1.13 bits per heavy atom. The average Bonchev–Trinajstić information content (AvgIpc) is 3.07. The van der Waals surface area contributed by atoms with E-state index in [1.54, 1.807) is 21.1 Å². The van der Waals surface area contributed by atoms with E-state index in [4.69, 9.17) is 4.74 Å². The van der Waals surface area contributed by atoms with E-state index in [-0.39, 0.29) is 6.61 Å². The van der Waals surface area contributed by atoms with Crippen molar-refractivity contribution in [1.82, 2.24) is 9.88 Å². The number of nitrogens with one attached hydrogen (secondary N) is 1. The molecule has 0 saturated heterocycles. The molecule has 0 fully saturated rings. The summed E-state index contributed by atoms with van der Waals surface area (Å²) < 4.78 is 11.4. The lowest BCUT2D eigenvalue weighted by Crippen LogP contribution is -2.44. The molecular weight excluding hydrogens is 396 g/mol.